The number of ether oxygens (including phenoxy) is 2. The fourth-order valence-electron chi connectivity index (χ4n) is 6.65. The Morgan fingerprint density at radius 3 is 2.73 bits per heavy atom. The van der Waals surface area contributed by atoms with Crippen LogP contribution in [-0.4, -0.2) is 11.5 Å². The molecule has 3 aliphatic carbocycles. The van der Waals surface area contributed by atoms with Gasteiger partial charge >= 0.3 is 5.43 Å². The maximum Gasteiger partial charge on any atom is 0.404 e. The van der Waals surface area contributed by atoms with Crippen molar-refractivity contribution in [2.24, 2.45) is 17.3 Å². The molecule has 3 nitrogen and oxygen atoms in total. The zero-order valence-electron chi connectivity index (χ0n) is 17.5. The highest BCUT2D eigenvalue weighted by atomic mass is 35.5. The van der Waals surface area contributed by atoms with Crippen LogP contribution < -0.4 is 4.74 Å². The lowest BCUT2D eigenvalue weighted by molar-refractivity contribution is -0.0249. The average Bonchev–Trinajstić information content (AvgIpc) is 3.08. The molecule has 5 atom stereocenters. The van der Waals surface area contributed by atoms with Gasteiger partial charge < -0.3 is 9.47 Å². The first-order valence-corrected chi connectivity index (χ1v) is 11.6. The minimum absolute atomic E-state index is 0.0244. The molecule has 0 aromatic heterocycles. The Labute approximate surface area is 183 Å². The number of fused-ring (bicyclic) bond motifs is 5. The van der Waals surface area contributed by atoms with E-state index in [1.54, 1.807) is 0 Å². The molecule has 2 saturated carbocycles. The number of carbonyl (C=O) groups is 1. The van der Waals surface area contributed by atoms with E-state index in [0.717, 1.165) is 37.9 Å². The van der Waals surface area contributed by atoms with Crippen LogP contribution in [0.5, 0.6) is 5.75 Å². The molecule has 4 heteroatoms. The molecule has 0 radical (unpaired) electrons. The van der Waals surface area contributed by atoms with Crippen LogP contribution in [0.15, 0.2) is 48.5 Å². The summed E-state index contributed by atoms with van der Waals surface area (Å²) < 4.78 is 11.6. The summed E-state index contributed by atoms with van der Waals surface area (Å²) in [6.45, 7) is 2.92. The van der Waals surface area contributed by atoms with Crippen molar-refractivity contribution in [3.05, 3.63) is 65.2 Å². The molecule has 0 aliphatic heterocycles. The summed E-state index contributed by atoms with van der Waals surface area (Å²) >= 11 is 5.56. The second-order valence-electron chi connectivity index (χ2n) is 9.52. The van der Waals surface area contributed by atoms with Crippen molar-refractivity contribution in [2.75, 3.05) is 0 Å². The third-order valence-corrected chi connectivity index (χ3v) is 8.18. The molecule has 0 amide bonds. The first-order chi connectivity index (χ1) is 14.5. The third-order valence-electron chi connectivity index (χ3n) is 8.09. The van der Waals surface area contributed by atoms with E-state index in [1.807, 2.05) is 18.2 Å². The van der Waals surface area contributed by atoms with Gasteiger partial charge in [-0.3, -0.25) is 0 Å². The summed E-state index contributed by atoms with van der Waals surface area (Å²) in [6.07, 6.45) is 6.63. The summed E-state index contributed by atoms with van der Waals surface area (Å²) in [7, 11) is 0. The second-order valence-corrected chi connectivity index (χ2v) is 9.82. The molecular formula is C26H29ClO3. The zero-order valence-corrected chi connectivity index (χ0v) is 18.2. The van der Waals surface area contributed by atoms with Gasteiger partial charge in [-0.1, -0.05) is 43.3 Å². The summed E-state index contributed by atoms with van der Waals surface area (Å²) in [5.41, 5.74) is 3.57. The average molecular weight is 425 g/mol. The van der Waals surface area contributed by atoms with E-state index in [9.17, 15) is 4.79 Å². The van der Waals surface area contributed by atoms with Crippen molar-refractivity contribution in [3.63, 3.8) is 0 Å². The summed E-state index contributed by atoms with van der Waals surface area (Å²) in [4.78, 5) is 11.4. The predicted molar refractivity (Wildman–Crippen MR) is 118 cm³/mol. The fourth-order valence-corrected chi connectivity index (χ4v) is 6.75. The Morgan fingerprint density at radius 2 is 1.93 bits per heavy atom. The standard InChI is InChI=1S/C26H29ClO3/c1-26-14-13-21-20-10-8-19(29-16-17-5-3-2-4-6-17)15-18(20)7-9-22(21)23(26)11-12-24(26)30-25(27)28/h2-6,8,10,15,21-24H,7,9,11-14,16H2,1H3/t21-,22-,23+,24-,26+/m1/s1. The number of rotatable bonds is 4. The first kappa shape index (κ1) is 19.9. The Bertz CT molecular complexity index is 927. The molecule has 30 heavy (non-hydrogen) atoms. The lowest BCUT2D eigenvalue weighted by Gasteiger charge is -2.50. The van der Waals surface area contributed by atoms with Gasteiger partial charge in [-0.05, 0) is 85.1 Å². The van der Waals surface area contributed by atoms with Crippen LogP contribution in [0.3, 0.4) is 0 Å². The number of halogens is 1. The van der Waals surface area contributed by atoms with Crippen LogP contribution >= 0.6 is 11.6 Å². The Balaban J connectivity index is 1.32. The Morgan fingerprint density at radius 1 is 1.10 bits per heavy atom. The van der Waals surface area contributed by atoms with Crippen LogP contribution in [-0.2, 0) is 17.8 Å². The quantitative estimate of drug-likeness (QED) is 0.502. The minimum atomic E-state index is -0.652. The molecular weight excluding hydrogens is 396 g/mol. The summed E-state index contributed by atoms with van der Waals surface area (Å²) in [5, 5.41) is 0. The summed E-state index contributed by atoms with van der Waals surface area (Å²) in [5.74, 6) is 2.86. The molecule has 0 saturated heterocycles. The lowest BCUT2D eigenvalue weighted by atomic mass is 9.55. The van der Waals surface area contributed by atoms with Crippen molar-refractivity contribution < 1.29 is 14.3 Å². The van der Waals surface area contributed by atoms with Gasteiger partial charge in [-0.15, -0.1) is 0 Å². The smallest absolute Gasteiger partial charge is 0.404 e. The van der Waals surface area contributed by atoms with Gasteiger partial charge in [0.2, 0.25) is 0 Å². The fraction of sp³-hybridized carbons (Fsp3) is 0.500. The highest BCUT2D eigenvalue weighted by Gasteiger charge is 2.56. The molecule has 0 N–H and O–H groups in total. The van der Waals surface area contributed by atoms with Gasteiger partial charge in [0.1, 0.15) is 18.5 Å². The highest BCUT2D eigenvalue weighted by molar-refractivity contribution is 6.61. The van der Waals surface area contributed by atoms with Crippen molar-refractivity contribution in [1.29, 1.82) is 0 Å². The highest BCUT2D eigenvalue weighted by Crippen LogP contribution is 2.61. The number of hydrogen-bond donors (Lipinski definition) is 0. The van der Waals surface area contributed by atoms with Gasteiger partial charge in [-0.2, -0.15) is 0 Å². The van der Waals surface area contributed by atoms with E-state index in [2.05, 4.69) is 37.3 Å². The predicted octanol–water partition coefficient (Wildman–Crippen LogP) is 6.87. The second kappa shape index (κ2) is 7.92. The van der Waals surface area contributed by atoms with Crippen molar-refractivity contribution in [3.8, 4) is 5.75 Å². The Hall–Kier alpha value is -2.00. The number of benzene rings is 2. The van der Waals surface area contributed by atoms with E-state index >= 15 is 0 Å². The van der Waals surface area contributed by atoms with Gasteiger partial charge in [0, 0.05) is 17.0 Å². The molecule has 158 valence electrons. The van der Waals surface area contributed by atoms with E-state index in [1.165, 1.54) is 23.1 Å². The van der Waals surface area contributed by atoms with Crippen molar-refractivity contribution in [1.82, 2.24) is 0 Å². The first-order valence-electron chi connectivity index (χ1n) is 11.2. The number of aryl methyl sites for hydroxylation is 1. The number of carbonyl (C=O) groups excluding carboxylic acids is 1. The van der Waals surface area contributed by atoms with Crippen LogP contribution in [0.2, 0.25) is 0 Å². The largest absolute Gasteiger partial charge is 0.489 e. The Kier molecular flexibility index (Phi) is 5.26. The monoisotopic (exact) mass is 424 g/mol. The molecule has 0 bridgehead atoms. The molecule has 2 aromatic rings. The van der Waals surface area contributed by atoms with E-state index in [-0.39, 0.29) is 11.5 Å². The van der Waals surface area contributed by atoms with Crippen molar-refractivity contribution >= 4 is 17.0 Å². The molecule has 2 aromatic carbocycles. The SMILES string of the molecule is C[C@]12CC[C@@H]3c4ccc(OCc5ccccc5)cc4CC[C@H]3[C@@H]1CC[C@H]2OC(=O)Cl. The lowest BCUT2D eigenvalue weighted by Crippen LogP contribution is -2.44. The molecule has 0 spiro atoms. The maximum absolute atomic E-state index is 11.4. The van der Waals surface area contributed by atoms with Crippen LogP contribution in [0.4, 0.5) is 4.79 Å². The molecule has 5 rings (SSSR count). The van der Waals surface area contributed by atoms with Gasteiger partial charge in [0.15, 0.2) is 0 Å². The van der Waals surface area contributed by atoms with E-state index < -0.39 is 5.43 Å². The molecule has 0 unspecified atom stereocenters. The van der Waals surface area contributed by atoms with Crippen LogP contribution in [0.25, 0.3) is 0 Å². The molecule has 0 heterocycles. The van der Waals surface area contributed by atoms with E-state index in [0.29, 0.717) is 24.4 Å². The van der Waals surface area contributed by atoms with Gasteiger partial charge in [0.05, 0.1) is 0 Å². The third kappa shape index (κ3) is 3.51. The number of hydrogen-bond acceptors (Lipinski definition) is 3. The topological polar surface area (TPSA) is 35.5 Å². The molecule has 3 aliphatic rings. The van der Waals surface area contributed by atoms with Crippen LogP contribution in [0.1, 0.15) is 61.6 Å². The maximum atomic E-state index is 11.4. The molecule has 2 fully saturated rings. The minimum Gasteiger partial charge on any atom is -0.489 e. The van der Waals surface area contributed by atoms with Crippen LogP contribution in [0, 0.1) is 17.3 Å². The van der Waals surface area contributed by atoms with Crippen molar-refractivity contribution in [2.45, 2.75) is 64.1 Å². The van der Waals surface area contributed by atoms with E-state index in [4.69, 9.17) is 21.1 Å². The summed E-state index contributed by atoms with van der Waals surface area (Å²) in [6, 6.07) is 17.0. The van der Waals surface area contributed by atoms with Gasteiger partial charge in [-0.25, -0.2) is 4.79 Å². The normalized spacial score (nSPS) is 31.9. The zero-order chi connectivity index (χ0) is 20.7. The van der Waals surface area contributed by atoms with Gasteiger partial charge in [0.25, 0.3) is 0 Å².